The Labute approximate surface area is 216 Å². The van der Waals surface area contributed by atoms with E-state index >= 15 is 0 Å². The van der Waals surface area contributed by atoms with Crippen molar-refractivity contribution in [1.29, 1.82) is 0 Å². The number of alkyl carbamates (subject to hydrolysis) is 1. The SMILES string of the molecule is CC(C)(C)OC(=O)NC1CCc2c(c(CONC3C4CC5CC(C4)CC3C5)nn2C2CCCCC2)C1. The number of rotatable bonds is 6. The normalized spacial score (nSPS) is 34.0. The zero-order valence-corrected chi connectivity index (χ0v) is 22.6. The second-order valence-corrected chi connectivity index (χ2v) is 13.6. The maximum Gasteiger partial charge on any atom is 0.407 e. The smallest absolute Gasteiger partial charge is 0.407 e. The molecule has 0 spiro atoms. The maximum absolute atomic E-state index is 12.5. The van der Waals surface area contributed by atoms with Crippen molar-refractivity contribution in [3.05, 3.63) is 17.0 Å². The number of hydrogen-bond donors (Lipinski definition) is 2. The van der Waals surface area contributed by atoms with Gasteiger partial charge in [-0.25, -0.2) is 4.79 Å². The van der Waals surface area contributed by atoms with Gasteiger partial charge in [0.15, 0.2) is 0 Å². The second kappa shape index (κ2) is 9.94. The number of amides is 1. The molecule has 0 saturated heterocycles. The van der Waals surface area contributed by atoms with Crippen molar-refractivity contribution in [3.8, 4) is 0 Å². The number of carbonyl (C=O) groups excluding carboxylic acids is 1. The van der Waals surface area contributed by atoms with Crippen molar-refractivity contribution >= 4 is 6.09 Å². The van der Waals surface area contributed by atoms with E-state index in [4.69, 9.17) is 14.7 Å². The Balaban J connectivity index is 1.14. The minimum Gasteiger partial charge on any atom is -0.444 e. The summed E-state index contributed by atoms with van der Waals surface area (Å²) >= 11 is 0. The molecule has 7 nitrogen and oxygen atoms in total. The third kappa shape index (κ3) is 5.20. The highest BCUT2D eigenvalue weighted by atomic mass is 16.6. The van der Waals surface area contributed by atoms with Gasteiger partial charge >= 0.3 is 6.09 Å². The van der Waals surface area contributed by atoms with Crippen LogP contribution in [0.25, 0.3) is 0 Å². The molecule has 0 aliphatic heterocycles. The Kier molecular flexibility index (Phi) is 6.82. The predicted molar refractivity (Wildman–Crippen MR) is 138 cm³/mol. The molecule has 200 valence electrons. The number of ether oxygens (including phenoxy) is 1. The predicted octanol–water partition coefficient (Wildman–Crippen LogP) is 5.62. The lowest BCUT2D eigenvalue weighted by molar-refractivity contribution is -0.0937. The fourth-order valence-electron chi connectivity index (χ4n) is 8.38. The van der Waals surface area contributed by atoms with E-state index in [-0.39, 0.29) is 12.1 Å². The van der Waals surface area contributed by atoms with Crippen LogP contribution in [0.15, 0.2) is 0 Å². The third-order valence-electron chi connectivity index (χ3n) is 9.68. The molecule has 2 N–H and O–H groups in total. The van der Waals surface area contributed by atoms with Gasteiger partial charge in [-0.3, -0.25) is 9.52 Å². The molecule has 1 heterocycles. The quantitative estimate of drug-likeness (QED) is 0.498. The van der Waals surface area contributed by atoms with Crippen LogP contribution in [0.1, 0.15) is 114 Å². The van der Waals surface area contributed by atoms with Crippen molar-refractivity contribution in [2.24, 2.45) is 23.7 Å². The van der Waals surface area contributed by atoms with Gasteiger partial charge in [0.25, 0.3) is 0 Å². The van der Waals surface area contributed by atoms with E-state index in [0.29, 0.717) is 18.7 Å². The molecular formula is C29H46N4O3. The fraction of sp³-hybridized carbons (Fsp3) is 0.862. The van der Waals surface area contributed by atoms with Crippen LogP contribution in [0, 0.1) is 23.7 Å². The lowest BCUT2D eigenvalue weighted by atomic mass is 9.54. The molecule has 7 rings (SSSR count). The Morgan fingerprint density at radius 2 is 1.69 bits per heavy atom. The highest BCUT2D eigenvalue weighted by Crippen LogP contribution is 2.53. The summed E-state index contributed by atoms with van der Waals surface area (Å²) in [5.41, 5.74) is 6.77. The van der Waals surface area contributed by atoms with Crippen molar-refractivity contribution in [3.63, 3.8) is 0 Å². The van der Waals surface area contributed by atoms with E-state index in [0.717, 1.165) is 48.6 Å². The van der Waals surface area contributed by atoms with Gasteiger partial charge in [-0.15, -0.1) is 0 Å². The molecule has 1 unspecified atom stereocenters. The standard InChI is InChI=1S/C29H46N4O3/c1-29(2,3)36-28(34)30-22-9-10-26-24(16-22)25(31-33(26)23-7-5-4-6-8-23)17-35-32-27-20-12-18-11-19(14-20)15-21(27)13-18/h18-23,27,32H,4-17H2,1-3H3,(H,30,34). The van der Waals surface area contributed by atoms with E-state index in [2.05, 4.69) is 15.5 Å². The molecule has 5 saturated carbocycles. The average molecular weight is 499 g/mol. The Bertz CT molecular complexity index is 917. The number of nitrogens with zero attached hydrogens (tertiary/aromatic N) is 2. The molecule has 6 aliphatic carbocycles. The van der Waals surface area contributed by atoms with Crippen molar-refractivity contribution in [2.45, 2.75) is 135 Å². The van der Waals surface area contributed by atoms with Crippen LogP contribution in [0.3, 0.4) is 0 Å². The first-order valence-electron chi connectivity index (χ1n) is 14.8. The average Bonchev–Trinajstić information content (AvgIpc) is 3.17. The van der Waals surface area contributed by atoms with Crippen LogP contribution >= 0.6 is 0 Å². The van der Waals surface area contributed by atoms with Crippen LogP contribution in [0.4, 0.5) is 4.79 Å². The monoisotopic (exact) mass is 498 g/mol. The first kappa shape index (κ1) is 24.7. The minimum atomic E-state index is -0.488. The number of fused-ring (bicyclic) bond motifs is 1. The molecule has 36 heavy (non-hydrogen) atoms. The Hall–Kier alpha value is -1.60. The summed E-state index contributed by atoms with van der Waals surface area (Å²) in [4.78, 5) is 18.7. The molecule has 6 aliphatic rings. The van der Waals surface area contributed by atoms with E-state index in [1.54, 1.807) is 0 Å². The van der Waals surface area contributed by atoms with E-state index in [1.807, 2.05) is 20.8 Å². The molecule has 0 aromatic carbocycles. The van der Waals surface area contributed by atoms with Crippen LogP contribution in [-0.2, 0) is 29.0 Å². The molecule has 1 amide bonds. The molecular weight excluding hydrogens is 452 g/mol. The maximum atomic E-state index is 12.5. The van der Waals surface area contributed by atoms with Gasteiger partial charge in [-0.2, -0.15) is 10.6 Å². The number of nitrogens with one attached hydrogen (secondary N) is 2. The Morgan fingerprint density at radius 3 is 2.36 bits per heavy atom. The number of aromatic nitrogens is 2. The summed E-state index contributed by atoms with van der Waals surface area (Å²) in [5, 5.41) is 8.29. The topological polar surface area (TPSA) is 77.4 Å². The van der Waals surface area contributed by atoms with Gasteiger partial charge in [-0.1, -0.05) is 19.3 Å². The first-order valence-corrected chi connectivity index (χ1v) is 14.8. The van der Waals surface area contributed by atoms with Crippen LogP contribution in [-0.4, -0.2) is 33.6 Å². The summed E-state index contributed by atoms with van der Waals surface area (Å²) in [6.07, 6.45) is 15.8. The van der Waals surface area contributed by atoms with Gasteiger partial charge in [0.1, 0.15) is 12.2 Å². The molecule has 5 fully saturated rings. The van der Waals surface area contributed by atoms with Crippen LogP contribution < -0.4 is 10.8 Å². The fourth-order valence-corrected chi connectivity index (χ4v) is 8.38. The summed E-state index contributed by atoms with van der Waals surface area (Å²) in [7, 11) is 0. The zero-order valence-electron chi connectivity index (χ0n) is 22.6. The third-order valence-corrected chi connectivity index (χ3v) is 9.68. The summed E-state index contributed by atoms with van der Waals surface area (Å²) in [6.45, 7) is 6.23. The number of hydrogen-bond acceptors (Lipinski definition) is 5. The summed E-state index contributed by atoms with van der Waals surface area (Å²) < 4.78 is 7.88. The molecule has 4 bridgehead atoms. The highest BCUT2D eigenvalue weighted by Gasteiger charge is 2.48. The van der Waals surface area contributed by atoms with Gasteiger partial charge in [-0.05, 0) is 109 Å². The van der Waals surface area contributed by atoms with Crippen LogP contribution in [0.2, 0.25) is 0 Å². The highest BCUT2D eigenvalue weighted by molar-refractivity contribution is 5.68. The molecule has 0 radical (unpaired) electrons. The van der Waals surface area contributed by atoms with Gasteiger partial charge in [0.2, 0.25) is 0 Å². The van der Waals surface area contributed by atoms with E-state index in [1.165, 1.54) is 75.5 Å². The number of carbonyl (C=O) groups is 1. The first-order chi connectivity index (χ1) is 17.3. The molecule has 1 aromatic rings. The number of hydroxylamine groups is 1. The molecule has 1 atom stereocenters. The summed E-state index contributed by atoms with van der Waals surface area (Å²) in [5.74, 6) is 3.52. The van der Waals surface area contributed by atoms with Crippen molar-refractivity contribution < 1.29 is 14.4 Å². The van der Waals surface area contributed by atoms with Gasteiger partial charge < -0.3 is 10.1 Å². The zero-order chi connectivity index (χ0) is 24.9. The van der Waals surface area contributed by atoms with E-state index < -0.39 is 5.60 Å². The Morgan fingerprint density at radius 1 is 1.00 bits per heavy atom. The van der Waals surface area contributed by atoms with Crippen LogP contribution in [0.5, 0.6) is 0 Å². The second-order valence-electron chi connectivity index (χ2n) is 13.6. The molecule has 1 aromatic heterocycles. The summed E-state index contributed by atoms with van der Waals surface area (Å²) in [6, 6.07) is 1.09. The van der Waals surface area contributed by atoms with E-state index in [9.17, 15) is 4.79 Å². The van der Waals surface area contributed by atoms with Crippen molar-refractivity contribution in [1.82, 2.24) is 20.6 Å². The molecule has 7 heteroatoms. The minimum absolute atomic E-state index is 0.0764. The lowest BCUT2D eigenvalue weighted by Crippen LogP contribution is -2.54. The lowest BCUT2D eigenvalue weighted by Gasteiger charge is -2.54. The van der Waals surface area contributed by atoms with Gasteiger partial charge in [0.05, 0.1) is 11.7 Å². The largest absolute Gasteiger partial charge is 0.444 e. The van der Waals surface area contributed by atoms with Crippen molar-refractivity contribution in [2.75, 3.05) is 0 Å². The van der Waals surface area contributed by atoms with Gasteiger partial charge in [0, 0.05) is 23.3 Å².